The molecule has 1 heterocycles. The molecule has 126 valence electrons. The maximum Gasteiger partial charge on any atom is 0.313 e. The van der Waals surface area contributed by atoms with E-state index in [0.717, 1.165) is 39.3 Å². The van der Waals surface area contributed by atoms with Crippen LogP contribution in [0.3, 0.4) is 0 Å². The van der Waals surface area contributed by atoms with Gasteiger partial charge in [-0.1, -0.05) is 0 Å². The van der Waals surface area contributed by atoms with Gasteiger partial charge in [-0.3, -0.25) is 14.5 Å². The topological polar surface area (TPSA) is 90.9 Å². The Morgan fingerprint density at radius 2 is 2.00 bits per heavy atom. The Labute approximate surface area is 135 Å². The summed E-state index contributed by atoms with van der Waals surface area (Å²) in [6, 6.07) is 4.55. The van der Waals surface area contributed by atoms with Crippen molar-refractivity contribution >= 4 is 17.5 Å². The van der Waals surface area contributed by atoms with Gasteiger partial charge in [-0.25, -0.2) is 0 Å². The van der Waals surface area contributed by atoms with Gasteiger partial charge in [-0.05, 0) is 43.7 Å². The Bertz CT molecular complexity index is 556. The van der Waals surface area contributed by atoms with Crippen LogP contribution in [0, 0.1) is 6.92 Å². The highest BCUT2D eigenvalue weighted by atomic mass is 16.5. The lowest BCUT2D eigenvalue weighted by atomic mass is 10.2. The zero-order valence-corrected chi connectivity index (χ0v) is 13.3. The molecule has 7 nitrogen and oxygen atoms in total. The van der Waals surface area contributed by atoms with Crippen LogP contribution in [0.2, 0.25) is 0 Å². The lowest BCUT2D eigenvalue weighted by Gasteiger charge is -2.26. The molecule has 1 aliphatic heterocycles. The van der Waals surface area contributed by atoms with Gasteiger partial charge < -0.3 is 20.5 Å². The van der Waals surface area contributed by atoms with Gasteiger partial charge in [0.2, 0.25) is 0 Å². The number of morpholine rings is 1. The second kappa shape index (κ2) is 8.50. The van der Waals surface area contributed by atoms with Crippen LogP contribution in [-0.4, -0.2) is 61.2 Å². The van der Waals surface area contributed by atoms with E-state index in [9.17, 15) is 14.7 Å². The third-order valence-electron chi connectivity index (χ3n) is 3.70. The molecule has 0 aliphatic carbocycles. The standard InChI is InChI=1S/C16H23N3O4/c1-12-11-13(20)3-4-14(12)18-16(22)15(21)17-5-2-6-19-7-9-23-10-8-19/h3-4,11,20H,2,5-10H2,1H3,(H,17,21)(H,18,22). The van der Waals surface area contributed by atoms with Crippen molar-refractivity contribution in [3.05, 3.63) is 23.8 Å². The molecule has 1 fully saturated rings. The number of hydrogen-bond acceptors (Lipinski definition) is 5. The molecule has 1 aromatic rings. The van der Waals surface area contributed by atoms with E-state index in [1.165, 1.54) is 12.1 Å². The number of carbonyl (C=O) groups is 2. The Morgan fingerprint density at radius 1 is 1.26 bits per heavy atom. The molecule has 0 bridgehead atoms. The molecule has 23 heavy (non-hydrogen) atoms. The predicted molar refractivity (Wildman–Crippen MR) is 86.4 cm³/mol. The average molecular weight is 321 g/mol. The van der Waals surface area contributed by atoms with E-state index in [0.29, 0.717) is 17.8 Å². The Balaban J connectivity index is 1.69. The number of ether oxygens (including phenoxy) is 1. The summed E-state index contributed by atoms with van der Waals surface area (Å²) < 4.78 is 5.27. The number of nitrogens with zero attached hydrogens (tertiary/aromatic N) is 1. The van der Waals surface area contributed by atoms with E-state index in [4.69, 9.17) is 4.74 Å². The van der Waals surface area contributed by atoms with Crippen LogP contribution < -0.4 is 10.6 Å². The molecule has 7 heteroatoms. The van der Waals surface area contributed by atoms with Crippen LogP contribution >= 0.6 is 0 Å². The van der Waals surface area contributed by atoms with Crippen molar-refractivity contribution in [2.45, 2.75) is 13.3 Å². The lowest BCUT2D eigenvalue weighted by Crippen LogP contribution is -2.39. The number of rotatable bonds is 5. The van der Waals surface area contributed by atoms with Crippen molar-refractivity contribution in [2.75, 3.05) is 44.7 Å². The fraction of sp³-hybridized carbons (Fsp3) is 0.500. The second-order valence-corrected chi connectivity index (χ2v) is 5.52. The number of phenolic OH excluding ortho intramolecular Hbond substituents is 1. The Kier molecular flexibility index (Phi) is 6.37. The van der Waals surface area contributed by atoms with Crippen molar-refractivity contribution in [3.63, 3.8) is 0 Å². The highest BCUT2D eigenvalue weighted by molar-refractivity contribution is 6.39. The minimum Gasteiger partial charge on any atom is -0.508 e. The quantitative estimate of drug-likeness (QED) is 0.417. The van der Waals surface area contributed by atoms with Crippen molar-refractivity contribution in [2.24, 2.45) is 0 Å². The van der Waals surface area contributed by atoms with E-state index < -0.39 is 11.8 Å². The van der Waals surface area contributed by atoms with Crippen LogP contribution in [0.5, 0.6) is 5.75 Å². The summed E-state index contributed by atoms with van der Waals surface area (Å²) in [4.78, 5) is 25.9. The molecule has 2 amide bonds. The normalized spacial score (nSPS) is 15.2. The summed E-state index contributed by atoms with van der Waals surface area (Å²) in [5.41, 5.74) is 1.20. The number of benzene rings is 1. The highest BCUT2D eigenvalue weighted by Crippen LogP contribution is 2.19. The first kappa shape index (κ1) is 17.2. The number of aryl methyl sites for hydroxylation is 1. The average Bonchev–Trinajstić information content (AvgIpc) is 2.55. The van der Waals surface area contributed by atoms with Crippen molar-refractivity contribution in [1.29, 1.82) is 0 Å². The van der Waals surface area contributed by atoms with E-state index in [1.807, 2.05) is 0 Å². The summed E-state index contributed by atoms with van der Waals surface area (Å²) in [5.74, 6) is -1.24. The van der Waals surface area contributed by atoms with Gasteiger partial charge in [0.15, 0.2) is 0 Å². The number of aromatic hydroxyl groups is 1. The summed E-state index contributed by atoms with van der Waals surface area (Å²) in [5, 5.41) is 14.5. The molecule has 0 saturated carbocycles. The molecule has 0 spiro atoms. The van der Waals surface area contributed by atoms with Crippen LogP contribution in [0.25, 0.3) is 0 Å². The van der Waals surface area contributed by atoms with Gasteiger partial charge in [-0.2, -0.15) is 0 Å². The smallest absolute Gasteiger partial charge is 0.313 e. The third kappa shape index (κ3) is 5.54. The fourth-order valence-corrected chi connectivity index (χ4v) is 2.38. The number of carbonyl (C=O) groups excluding carboxylic acids is 2. The third-order valence-corrected chi connectivity index (χ3v) is 3.70. The second-order valence-electron chi connectivity index (χ2n) is 5.52. The highest BCUT2D eigenvalue weighted by Gasteiger charge is 2.15. The number of phenols is 1. The monoisotopic (exact) mass is 321 g/mol. The number of nitrogens with one attached hydrogen (secondary N) is 2. The SMILES string of the molecule is Cc1cc(O)ccc1NC(=O)C(=O)NCCCN1CCOCC1. The van der Waals surface area contributed by atoms with Gasteiger partial charge in [0, 0.05) is 25.3 Å². The number of hydrogen-bond donors (Lipinski definition) is 3. The van der Waals surface area contributed by atoms with Gasteiger partial charge in [0.25, 0.3) is 0 Å². The molecular formula is C16H23N3O4. The van der Waals surface area contributed by atoms with Gasteiger partial charge >= 0.3 is 11.8 Å². The Morgan fingerprint density at radius 3 is 2.70 bits per heavy atom. The van der Waals surface area contributed by atoms with Crippen molar-refractivity contribution < 1.29 is 19.4 Å². The molecule has 0 unspecified atom stereocenters. The zero-order chi connectivity index (χ0) is 16.7. The molecule has 3 N–H and O–H groups in total. The zero-order valence-electron chi connectivity index (χ0n) is 13.3. The summed E-state index contributed by atoms with van der Waals surface area (Å²) in [7, 11) is 0. The summed E-state index contributed by atoms with van der Waals surface area (Å²) >= 11 is 0. The van der Waals surface area contributed by atoms with Crippen molar-refractivity contribution in [1.82, 2.24) is 10.2 Å². The maximum atomic E-state index is 11.8. The molecule has 0 atom stereocenters. The number of amides is 2. The first-order valence-electron chi connectivity index (χ1n) is 7.75. The molecule has 1 aliphatic rings. The fourth-order valence-electron chi connectivity index (χ4n) is 2.38. The predicted octanol–water partition coefficient (Wildman–Crippen LogP) is 0.478. The van der Waals surface area contributed by atoms with Crippen LogP contribution in [-0.2, 0) is 14.3 Å². The Hall–Kier alpha value is -2.12. The lowest BCUT2D eigenvalue weighted by molar-refractivity contribution is -0.136. The molecule has 0 radical (unpaired) electrons. The van der Waals surface area contributed by atoms with Gasteiger partial charge in [0.1, 0.15) is 5.75 Å². The van der Waals surface area contributed by atoms with E-state index in [-0.39, 0.29) is 5.75 Å². The molecule has 0 aromatic heterocycles. The van der Waals surface area contributed by atoms with E-state index >= 15 is 0 Å². The summed E-state index contributed by atoms with van der Waals surface area (Å²) in [6.07, 6.45) is 0.789. The molecule has 1 saturated heterocycles. The van der Waals surface area contributed by atoms with Crippen molar-refractivity contribution in [3.8, 4) is 5.75 Å². The van der Waals surface area contributed by atoms with E-state index in [1.54, 1.807) is 13.0 Å². The largest absolute Gasteiger partial charge is 0.508 e. The summed E-state index contributed by atoms with van der Waals surface area (Å²) in [6.45, 7) is 6.40. The van der Waals surface area contributed by atoms with Crippen LogP contribution in [0.1, 0.15) is 12.0 Å². The number of anilines is 1. The van der Waals surface area contributed by atoms with Crippen LogP contribution in [0.15, 0.2) is 18.2 Å². The minimum absolute atomic E-state index is 0.119. The molecule has 2 rings (SSSR count). The van der Waals surface area contributed by atoms with Crippen LogP contribution in [0.4, 0.5) is 5.69 Å². The van der Waals surface area contributed by atoms with E-state index in [2.05, 4.69) is 15.5 Å². The molecular weight excluding hydrogens is 298 g/mol. The van der Waals surface area contributed by atoms with Gasteiger partial charge in [-0.15, -0.1) is 0 Å². The maximum absolute atomic E-state index is 11.8. The first-order valence-corrected chi connectivity index (χ1v) is 7.75. The van der Waals surface area contributed by atoms with Gasteiger partial charge in [0.05, 0.1) is 13.2 Å². The minimum atomic E-state index is -0.704. The molecule has 1 aromatic carbocycles. The first-order chi connectivity index (χ1) is 11.1.